The number of fused-ring (bicyclic) bond motifs is 6. The second-order valence-electron chi connectivity index (χ2n) is 15.9. The molecule has 8 rings (SSSR count). The Kier molecular flexibility index (Phi) is 7.19. The van der Waals surface area contributed by atoms with Crippen molar-refractivity contribution in [1.82, 2.24) is 9.97 Å². The van der Waals surface area contributed by atoms with Crippen molar-refractivity contribution in [3.63, 3.8) is 0 Å². The number of carbonyl (C=O) groups is 2. The molecule has 0 N–H and O–H groups in total. The zero-order valence-corrected chi connectivity index (χ0v) is 30.2. The average Bonchev–Trinajstić information content (AvgIpc) is 3.57. The van der Waals surface area contributed by atoms with Crippen molar-refractivity contribution < 1.29 is 34.8 Å². The first-order valence-corrected chi connectivity index (χ1v) is 20.3. The second kappa shape index (κ2) is 10.8. The van der Waals surface area contributed by atoms with Gasteiger partial charge in [0.25, 0.3) is 0 Å². The third-order valence-electron chi connectivity index (χ3n) is 13.3. The molecule has 4 aliphatic rings. The van der Waals surface area contributed by atoms with E-state index in [-0.39, 0.29) is 46.0 Å². The van der Waals surface area contributed by atoms with Crippen LogP contribution in [0.15, 0.2) is 60.9 Å². The first kappa shape index (κ1) is 33.3. The number of Topliss-reactive ketones (excluding diaryl/α,β-unsaturated/α-hetero) is 2. The molecule has 262 valence electrons. The largest absolute Gasteiger partial charge is 0.382 e. The van der Waals surface area contributed by atoms with Crippen molar-refractivity contribution in [2.45, 2.75) is 66.2 Å². The van der Waals surface area contributed by atoms with Crippen LogP contribution in [0, 0.1) is 33.5 Å². The smallest absolute Gasteiger partial charge is 0.310 e. The van der Waals surface area contributed by atoms with Crippen LogP contribution >= 0.6 is 0 Å². The third-order valence-corrected chi connectivity index (χ3v) is 15.9. The van der Waals surface area contributed by atoms with Crippen LogP contribution in [0.3, 0.4) is 0 Å². The predicted molar refractivity (Wildman–Crippen MR) is 188 cm³/mol. The van der Waals surface area contributed by atoms with Crippen LogP contribution in [0.1, 0.15) is 66.2 Å². The van der Waals surface area contributed by atoms with Crippen molar-refractivity contribution in [2.24, 2.45) is 33.5 Å². The minimum atomic E-state index is -4.36. The van der Waals surface area contributed by atoms with Gasteiger partial charge < -0.3 is 8.37 Å². The van der Waals surface area contributed by atoms with Gasteiger partial charge in [-0.15, -0.1) is 0 Å². The van der Waals surface area contributed by atoms with Gasteiger partial charge >= 0.3 is 20.2 Å². The maximum Gasteiger partial charge on any atom is 0.310 e. The number of aromatic nitrogens is 2. The van der Waals surface area contributed by atoms with Gasteiger partial charge in [0.15, 0.2) is 11.5 Å². The topological polar surface area (TPSA) is 147 Å². The van der Waals surface area contributed by atoms with E-state index in [1.165, 1.54) is 12.1 Å². The Balaban J connectivity index is 1.26. The maximum absolute atomic E-state index is 14.1. The summed E-state index contributed by atoms with van der Waals surface area (Å²) < 4.78 is 68.2. The summed E-state index contributed by atoms with van der Waals surface area (Å²) in [5.41, 5.74) is -1.55. The van der Waals surface area contributed by atoms with Crippen LogP contribution in [0.4, 0.5) is 0 Å². The van der Waals surface area contributed by atoms with E-state index in [4.69, 9.17) is 8.37 Å². The molecular formula is C38H40N2O8S2. The quantitative estimate of drug-likeness (QED) is 0.172. The Morgan fingerprint density at radius 1 is 0.640 bits per heavy atom. The van der Waals surface area contributed by atoms with Gasteiger partial charge in [-0.25, -0.2) is 0 Å². The summed E-state index contributed by atoms with van der Waals surface area (Å²) in [5, 5.41) is 0.999. The number of hydrogen-bond donors (Lipinski definition) is 0. The zero-order chi connectivity index (χ0) is 35.5. The number of carbonyl (C=O) groups excluding carboxylic acids is 2. The van der Waals surface area contributed by atoms with Crippen molar-refractivity contribution in [2.75, 3.05) is 11.5 Å². The highest BCUT2D eigenvalue weighted by Gasteiger charge is 2.66. The molecule has 0 spiro atoms. The first-order valence-electron chi connectivity index (χ1n) is 17.2. The van der Waals surface area contributed by atoms with Crippen LogP contribution in [0.5, 0.6) is 11.5 Å². The Labute approximate surface area is 292 Å². The predicted octanol–water partition coefficient (Wildman–Crippen LogP) is 6.66. The van der Waals surface area contributed by atoms with Gasteiger partial charge in [-0.3, -0.25) is 19.6 Å². The SMILES string of the molecule is CC1(C)[C@@H]2CC[C@@]1(CS(=O)(=O)Oc1ccc3ncccc3c1-c1c(OS(=O)(=O)C[C@]34CC[C@H](CC3=O)C4(C)C)ccc3ncccc13)C(=O)C2. The van der Waals surface area contributed by atoms with Gasteiger partial charge in [-0.1, -0.05) is 39.8 Å². The molecular weight excluding hydrogens is 677 g/mol. The number of rotatable bonds is 9. The molecule has 0 unspecified atom stereocenters. The van der Waals surface area contributed by atoms with Gasteiger partial charge in [0.2, 0.25) is 0 Å². The standard InChI is InChI=1S/C38H40N2O8S2/c1-35(2)23-13-15-37(35,31(41)19-23)21-49(43,44)47-29-11-9-27-25(7-5-17-39-27)33(29)34-26-8-6-18-40-28(26)10-12-30(34)48-50(45,46)22-38-16-14-24(20-32(38)42)36(38,3)4/h5-12,17-18,23-24H,13-16,19-22H2,1-4H3/t23-,24-,37-,38-/m1/s1. The fourth-order valence-electron chi connectivity index (χ4n) is 10.1. The van der Waals surface area contributed by atoms with E-state index in [9.17, 15) is 26.4 Å². The van der Waals surface area contributed by atoms with E-state index in [0.29, 0.717) is 47.5 Å². The average molecular weight is 717 g/mol. The molecule has 0 saturated heterocycles. The molecule has 2 heterocycles. The lowest BCUT2D eigenvalue weighted by atomic mass is 9.70. The van der Waals surface area contributed by atoms with E-state index in [2.05, 4.69) is 9.97 Å². The number of nitrogens with zero attached hydrogens (tertiary/aromatic N) is 2. The molecule has 4 bridgehead atoms. The van der Waals surface area contributed by atoms with Gasteiger partial charge in [0.05, 0.1) is 33.4 Å². The van der Waals surface area contributed by atoms with Crippen LogP contribution in [0.2, 0.25) is 0 Å². The van der Waals surface area contributed by atoms with E-state index in [1.807, 2.05) is 27.7 Å². The van der Waals surface area contributed by atoms with E-state index in [0.717, 1.165) is 12.8 Å². The number of ketones is 2. The minimum absolute atomic E-state index is 0.0492. The summed E-state index contributed by atoms with van der Waals surface area (Å²) >= 11 is 0. The molecule has 2 aromatic heterocycles. The fourth-order valence-corrected chi connectivity index (χ4v) is 13.6. The lowest BCUT2D eigenvalue weighted by Crippen LogP contribution is -2.43. The molecule has 4 atom stereocenters. The summed E-state index contributed by atoms with van der Waals surface area (Å²) in [6.07, 6.45) is 6.45. The van der Waals surface area contributed by atoms with E-state index in [1.54, 1.807) is 48.8 Å². The lowest BCUT2D eigenvalue weighted by molar-refractivity contribution is -0.128. The molecule has 0 amide bonds. The molecule has 12 heteroatoms. The molecule has 4 aliphatic carbocycles. The Morgan fingerprint density at radius 3 is 1.38 bits per heavy atom. The zero-order valence-electron chi connectivity index (χ0n) is 28.6. The molecule has 0 aliphatic heterocycles. The number of benzene rings is 2. The molecule has 10 nitrogen and oxygen atoms in total. The molecule has 4 aromatic rings. The highest BCUT2D eigenvalue weighted by Crippen LogP contribution is 2.65. The monoisotopic (exact) mass is 716 g/mol. The van der Waals surface area contributed by atoms with Crippen LogP contribution in [-0.4, -0.2) is 49.9 Å². The Bertz CT molecular complexity index is 2190. The van der Waals surface area contributed by atoms with Gasteiger partial charge in [-0.2, -0.15) is 16.8 Å². The van der Waals surface area contributed by atoms with Gasteiger partial charge in [0, 0.05) is 47.1 Å². The molecule has 50 heavy (non-hydrogen) atoms. The summed E-state index contributed by atoms with van der Waals surface area (Å²) in [6, 6.07) is 13.2. The summed E-state index contributed by atoms with van der Waals surface area (Å²) in [5.74, 6) is -0.887. The Hall–Kier alpha value is -3.90. The van der Waals surface area contributed by atoms with Crippen molar-refractivity contribution in [1.29, 1.82) is 0 Å². The maximum atomic E-state index is 14.1. The number of pyridine rings is 2. The molecule has 4 fully saturated rings. The summed E-state index contributed by atoms with van der Waals surface area (Å²) in [4.78, 5) is 35.6. The van der Waals surface area contributed by atoms with Crippen LogP contribution < -0.4 is 8.37 Å². The number of hydrogen-bond acceptors (Lipinski definition) is 10. The normalized spacial score (nSPS) is 28.2. The highest BCUT2D eigenvalue weighted by atomic mass is 32.2. The fraction of sp³-hybridized carbons (Fsp3) is 0.474. The summed E-state index contributed by atoms with van der Waals surface area (Å²) in [7, 11) is -8.72. The highest BCUT2D eigenvalue weighted by molar-refractivity contribution is 7.87. The van der Waals surface area contributed by atoms with E-state index < -0.39 is 53.4 Å². The molecule has 4 saturated carbocycles. The Morgan fingerprint density at radius 2 is 1.04 bits per heavy atom. The van der Waals surface area contributed by atoms with Crippen LogP contribution in [0.25, 0.3) is 32.9 Å². The van der Waals surface area contributed by atoms with E-state index >= 15 is 0 Å². The lowest BCUT2D eigenvalue weighted by Gasteiger charge is -2.36. The van der Waals surface area contributed by atoms with Gasteiger partial charge in [0.1, 0.15) is 11.6 Å². The van der Waals surface area contributed by atoms with Crippen molar-refractivity contribution in [3.8, 4) is 22.6 Å². The van der Waals surface area contributed by atoms with Crippen molar-refractivity contribution >= 4 is 53.6 Å². The van der Waals surface area contributed by atoms with Crippen LogP contribution in [-0.2, 0) is 29.8 Å². The first-order chi connectivity index (χ1) is 23.5. The third kappa shape index (κ3) is 4.69. The minimum Gasteiger partial charge on any atom is -0.382 e. The summed E-state index contributed by atoms with van der Waals surface area (Å²) in [6.45, 7) is 7.88. The van der Waals surface area contributed by atoms with Crippen molar-refractivity contribution in [3.05, 3.63) is 60.9 Å². The second-order valence-corrected chi connectivity index (χ2v) is 19.1. The van der Waals surface area contributed by atoms with Gasteiger partial charge in [-0.05, 0) is 84.7 Å². The molecule has 2 aromatic carbocycles. The molecule has 0 radical (unpaired) electrons.